The number of nitrogens with one attached hydrogen (secondary N) is 1. The van der Waals surface area contributed by atoms with Crippen LogP contribution in [0.4, 0.5) is 0 Å². The van der Waals surface area contributed by atoms with E-state index in [2.05, 4.69) is 22.6 Å². The molecule has 0 saturated carbocycles. The van der Waals surface area contributed by atoms with Gasteiger partial charge in [-0.05, 0) is 48.6 Å². The number of hydrogen-bond acceptors (Lipinski definition) is 6. The fourth-order valence-corrected chi connectivity index (χ4v) is 5.76. The number of aromatic nitrogens is 3. The zero-order valence-corrected chi connectivity index (χ0v) is 19.7. The lowest BCUT2D eigenvalue weighted by Crippen LogP contribution is -2.45. The van der Waals surface area contributed by atoms with Crippen LogP contribution in [0.25, 0.3) is 11.0 Å². The summed E-state index contributed by atoms with van der Waals surface area (Å²) in [6.45, 7) is 3.77. The van der Waals surface area contributed by atoms with Crippen molar-refractivity contribution in [3.8, 4) is 0 Å². The molecule has 176 valence electrons. The van der Waals surface area contributed by atoms with Gasteiger partial charge in [-0.2, -0.15) is 4.31 Å². The Morgan fingerprint density at radius 1 is 1.18 bits per heavy atom. The summed E-state index contributed by atoms with van der Waals surface area (Å²) >= 11 is 0. The zero-order valence-electron chi connectivity index (χ0n) is 18.9. The highest BCUT2D eigenvalue weighted by atomic mass is 32.2. The lowest BCUT2D eigenvalue weighted by Gasteiger charge is -2.23. The summed E-state index contributed by atoms with van der Waals surface area (Å²) in [7, 11) is -2.25. The number of hydrogen-bond donors (Lipinski definition) is 1. The number of sulfonamides is 1. The Morgan fingerprint density at radius 3 is 2.67 bits per heavy atom. The third kappa shape index (κ3) is 4.92. The molecule has 1 fully saturated rings. The van der Waals surface area contributed by atoms with E-state index in [1.807, 2.05) is 24.3 Å². The van der Waals surface area contributed by atoms with E-state index >= 15 is 0 Å². The Labute approximate surface area is 193 Å². The third-order valence-electron chi connectivity index (χ3n) is 6.00. The number of fused-ring (bicyclic) bond motifs is 1. The molecule has 1 aliphatic rings. The Kier molecular flexibility index (Phi) is 7.06. The molecule has 0 spiro atoms. The molecule has 0 bridgehead atoms. The smallest absolute Gasteiger partial charge is 0.243 e. The van der Waals surface area contributed by atoms with E-state index in [9.17, 15) is 13.2 Å². The van der Waals surface area contributed by atoms with Crippen LogP contribution in [0.3, 0.4) is 0 Å². The van der Waals surface area contributed by atoms with Gasteiger partial charge in [-0.25, -0.2) is 13.1 Å². The van der Waals surface area contributed by atoms with Gasteiger partial charge in [0.25, 0.3) is 0 Å². The molecule has 1 N–H and O–H groups in total. The van der Waals surface area contributed by atoms with Crippen LogP contribution < -0.4 is 5.32 Å². The second kappa shape index (κ2) is 9.98. The molecule has 0 unspecified atom stereocenters. The van der Waals surface area contributed by atoms with Gasteiger partial charge in [-0.1, -0.05) is 36.4 Å². The Balaban J connectivity index is 1.48. The average Bonchev–Trinajstić information content (AvgIpc) is 3.49. The average molecular weight is 472 g/mol. The van der Waals surface area contributed by atoms with Gasteiger partial charge in [0.1, 0.15) is 11.6 Å². The minimum Gasteiger partial charge on any atom is -0.383 e. The molecular weight excluding hydrogens is 442 g/mol. The van der Waals surface area contributed by atoms with E-state index in [0.717, 1.165) is 17.5 Å². The summed E-state index contributed by atoms with van der Waals surface area (Å²) in [5, 5.41) is 11.1. The van der Waals surface area contributed by atoms with Gasteiger partial charge in [0.05, 0.1) is 23.6 Å². The van der Waals surface area contributed by atoms with Gasteiger partial charge < -0.3 is 10.1 Å². The fourth-order valence-electron chi connectivity index (χ4n) is 4.08. The highest BCUT2D eigenvalue weighted by molar-refractivity contribution is 7.89. The first-order valence-electron chi connectivity index (χ1n) is 11.1. The first-order chi connectivity index (χ1) is 15.9. The van der Waals surface area contributed by atoms with Crippen molar-refractivity contribution < 1.29 is 17.9 Å². The van der Waals surface area contributed by atoms with E-state index in [-0.39, 0.29) is 10.8 Å². The van der Waals surface area contributed by atoms with Gasteiger partial charge in [-0.15, -0.1) is 5.10 Å². The van der Waals surface area contributed by atoms with Crippen LogP contribution >= 0.6 is 0 Å². The molecule has 1 amide bonds. The van der Waals surface area contributed by atoms with Crippen molar-refractivity contribution in [3.05, 3.63) is 53.6 Å². The van der Waals surface area contributed by atoms with Gasteiger partial charge in [-0.3, -0.25) is 4.79 Å². The monoisotopic (exact) mass is 471 g/mol. The number of nitrogens with zero attached hydrogens (tertiary/aromatic N) is 4. The summed E-state index contributed by atoms with van der Waals surface area (Å²) < 4.78 is 34.8. The van der Waals surface area contributed by atoms with E-state index in [0.29, 0.717) is 44.6 Å². The lowest BCUT2D eigenvalue weighted by atomic mass is 10.1. The maximum atomic E-state index is 13.4. The summed E-state index contributed by atoms with van der Waals surface area (Å²) in [6.07, 6.45) is 2.09. The lowest BCUT2D eigenvalue weighted by molar-refractivity contribution is -0.124. The maximum Gasteiger partial charge on any atom is 0.243 e. The van der Waals surface area contributed by atoms with Crippen molar-refractivity contribution in [2.24, 2.45) is 0 Å². The van der Waals surface area contributed by atoms with Crippen molar-refractivity contribution in [1.29, 1.82) is 0 Å². The maximum absolute atomic E-state index is 13.4. The molecule has 0 radical (unpaired) electrons. The zero-order chi connectivity index (χ0) is 23.4. The first-order valence-corrected chi connectivity index (χ1v) is 12.6. The second-order valence-corrected chi connectivity index (χ2v) is 10.0. The van der Waals surface area contributed by atoms with Crippen LogP contribution in [0.15, 0.2) is 47.4 Å². The summed E-state index contributed by atoms with van der Waals surface area (Å²) in [6, 6.07) is 12.1. The Morgan fingerprint density at radius 2 is 1.94 bits per heavy atom. The number of aryl methyl sites for hydroxylation is 1. The SMILES string of the molecule is CCc1ccc(CNC(=O)[C@@H]2CCCN2S(=O)(=O)c2ccc3c(c2)nnn3CCOC)cc1. The Hall–Kier alpha value is -2.82. The normalized spacial score (nSPS) is 17.0. The van der Waals surface area contributed by atoms with E-state index in [1.165, 1.54) is 15.9 Å². The van der Waals surface area contributed by atoms with Crippen LogP contribution in [-0.4, -0.2) is 59.9 Å². The molecule has 2 heterocycles. The first kappa shape index (κ1) is 23.3. The largest absolute Gasteiger partial charge is 0.383 e. The molecule has 9 nitrogen and oxygen atoms in total. The van der Waals surface area contributed by atoms with Crippen molar-refractivity contribution in [2.75, 3.05) is 20.3 Å². The molecule has 0 aliphatic carbocycles. The number of amides is 1. The van der Waals surface area contributed by atoms with Gasteiger partial charge in [0, 0.05) is 20.2 Å². The number of ether oxygens (including phenoxy) is 1. The highest BCUT2D eigenvalue weighted by Crippen LogP contribution is 2.28. The summed E-state index contributed by atoms with van der Waals surface area (Å²) in [5.41, 5.74) is 3.43. The van der Waals surface area contributed by atoms with Crippen LogP contribution in [0.1, 0.15) is 30.9 Å². The Bertz CT molecular complexity index is 1220. The number of carbonyl (C=O) groups is 1. The number of methoxy groups -OCH3 is 1. The molecular formula is C23H29N5O4S. The summed E-state index contributed by atoms with van der Waals surface area (Å²) in [5.74, 6) is -0.276. The fraction of sp³-hybridized carbons (Fsp3) is 0.435. The molecule has 2 aromatic carbocycles. The molecule has 1 aliphatic heterocycles. The standard InChI is InChI=1S/C23H29N5O4S/c1-3-17-6-8-18(9-7-17)16-24-23(29)22-5-4-12-28(22)33(30,31)19-10-11-21-20(15-19)25-26-27(21)13-14-32-2/h6-11,15,22H,3-5,12-14,16H2,1-2H3,(H,24,29)/t22-/m0/s1. The van der Waals surface area contributed by atoms with Crippen LogP contribution in [0.2, 0.25) is 0 Å². The van der Waals surface area contributed by atoms with Crippen LogP contribution in [0, 0.1) is 0 Å². The van der Waals surface area contributed by atoms with Crippen molar-refractivity contribution in [3.63, 3.8) is 0 Å². The summed E-state index contributed by atoms with van der Waals surface area (Å²) in [4.78, 5) is 13.0. The predicted octanol–water partition coefficient (Wildman–Crippen LogP) is 2.11. The second-order valence-electron chi connectivity index (χ2n) is 8.12. The van der Waals surface area contributed by atoms with Crippen LogP contribution in [0.5, 0.6) is 0 Å². The molecule has 1 atom stereocenters. The van der Waals surface area contributed by atoms with Crippen molar-refractivity contribution in [1.82, 2.24) is 24.6 Å². The van der Waals surface area contributed by atoms with Crippen molar-refractivity contribution >= 4 is 27.0 Å². The van der Waals surface area contributed by atoms with Gasteiger partial charge >= 0.3 is 0 Å². The minimum atomic E-state index is -3.85. The highest BCUT2D eigenvalue weighted by Gasteiger charge is 2.39. The number of carbonyl (C=O) groups excluding carboxylic acids is 1. The van der Waals surface area contributed by atoms with E-state index in [4.69, 9.17) is 4.74 Å². The minimum absolute atomic E-state index is 0.114. The molecule has 1 aromatic heterocycles. The molecule has 10 heteroatoms. The number of benzene rings is 2. The number of rotatable bonds is 9. The van der Waals surface area contributed by atoms with Gasteiger partial charge in [0.2, 0.25) is 15.9 Å². The van der Waals surface area contributed by atoms with Gasteiger partial charge in [0.15, 0.2) is 0 Å². The topological polar surface area (TPSA) is 106 Å². The quantitative estimate of drug-likeness (QED) is 0.512. The molecule has 4 rings (SSSR count). The molecule has 1 saturated heterocycles. The molecule has 33 heavy (non-hydrogen) atoms. The van der Waals surface area contributed by atoms with E-state index in [1.54, 1.807) is 23.9 Å². The van der Waals surface area contributed by atoms with Crippen LogP contribution in [-0.2, 0) is 39.1 Å². The van der Waals surface area contributed by atoms with E-state index < -0.39 is 16.1 Å². The molecule has 3 aromatic rings. The predicted molar refractivity (Wildman–Crippen MR) is 124 cm³/mol. The van der Waals surface area contributed by atoms with Crippen molar-refractivity contribution in [2.45, 2.75) is 50.2 Å². The third-order valence-corrected chi connectivity index (χ3v) is 7.91.